The van der Waals surface area contributed by atoms with Gasteiger partial charge in [-0.15, -0.1) is 0 Å². The first-order valence-corrected chi connectivity index (χ1v) is 7.36. The van der Waals surface area contributed by atoms with E-state index >= 15 is 0 Å². The van der Waals surface area contributed by atoms with E-state index < -0.39 is 0 Å². The van der Waals surface area contributed by atoms with Gasteiger partial charge in [-0.2, -0.15) is 0 Å². The molecule has 0 saturated heterocycles. The number of fused-ring (bicyclic) bond motifs is 1. The van der Waals surface area contributed by atoms with Crippen LogP contribution in [0.15, 0.2) is 39.7 Å². The first-order valence-electron chi connectivity index (χ1n) is 7.36. The molecule has 0 amide bonds. The van der Waals surface area contributed by atoms with Gasteiger partial charge in [-0.25, -0.2) is 4.99 Å². The normalized spacial score (nSPS) is 15.4. The third kappa shape index (κ3) is 3.98. The molecule has 112 valence electrons. The second kappa shape index (κ2) is 6.63. The fraction of sp³-hybridized carbons (Fsp3) is 0.438. The quantitative estimate of drug-likeness (QED) is 0.486. The minimum Gasteiger partial charge on any atom is -0.459 e. The van der Waals surface area contributed by atoms with Crippen molar-refractivity contribution in [1.29, 1.82) is 0 Å². The molecular weight excluding hydrogens is 266 g/mol. The maximum absolute atomic E-state index is 5.78. The van der Waals surface area contributed by atoms with Crippen molar-refractivity contribution in [1.82, 2.24) is 10.6 Å². The molecule has 1 fully saturated rings. The van der Waals surface area contributed by atoms with E-state index in [1.807, 2.05) is 30.3 Å². The minimum atomic E-state index is 0.531. The van der Waals surface area contributed by atoms with Crippen molar-refractivity contribution >= 4 is 16.9 Å². The van der Waals surface area contributed by atoms with E-state index in [0.717, 1.165) is 29.2 Å². The highest BCUT2D eigenvalue weighted by Crippen LogP contribution is 2.20. The van der Waals surface area contributed by atoms with Crippen molar-refractivity contribution in [3.63, 3.8) is 0 Å². The molecule has 0 radical (unpaired) electrons. The van der Waals surface area contributed by atoms with Gasteiger partial charge >= 0.3 is 0 Å². The van der Waals surface area contributed by atoms with Gasteiger partial charge in [-0.1, -0.05) is 18.2 Å². The van der Waals surface area contributed by atoms with Gasteiger partial charge in [0, 0.05) is 25.1 Å². The number of methoxy groups -OCH3 is 1. The number of guanidine groups is 1. The van der Waals surface area contributed by atoms with Gasteiger partial charge in [0.1, 0.15) is 17.9 Å². The second-order valence-corrected chi connectivity index (χ2v) is 5.25. The maximum atomic E-state index is 5.78. The molecule has 0 bridgehead atoms. The molecule has 0 unspecified atom stereocenters. The Hall–Kier alpha value is -2.01. The molecular formula is C16H21N3O2. The Bertz CT molecular complexity index is 584. The standard InChI is InChI=1S/C16H21N3O2/c1-20-9-8-17-16(19-13-6-7-13)18-11-14-10-12-4-2-3-5-15(12)21-14/h2-5,10,13H,6-9,11H2,1H3,(H2,17,18,19). The van der Waals surface area contributed by atoms with Crippen LogP contribution in [0.25, 0.3) is 11.0 Å². The zero-order valence-corrected chi connectivity index (χ0v) is 12.3. The van der Waals surface area contributed by atoms with E-state index in [9.17, 15) is 0 Å². The fourth-order valence-electron chi connectivity index (χ4n) is 2.12. The summed E-state index contributed by atoms with van der Waals surface area (Å²) in [6.07, 6.45) is 2.44. The Balaban J connectivity index is 1.64. The van der Waals surface area contributed by atoms with Gasteiger partial charge in [0.2, 0.25) is 0 Å². The first kappa shape index (κ1) is 13.9. The molecule has 2 N–H and O–H groups in total. The molecule has 0 aliphatic heterocycles. The number of para-hydroxylation sites is 1. The molecule has 1 saturated carbocycles. The van der Waals surface area contributed by atoms with E-state index in [2.05, 4.69) is 15.6 Å². The van der Waals surface area contributed by atoms with Crippen LogP contribution in [-0.2, 0) is 11.3 Å². The summed E-state index contributed by atoms with van der Waals surface area (Å²) in [5.74, 6) is 1.70. The predicted octanol–water partition coefficient (Wildman–Crippen LogP) is 2.28. The molecule has 21 heavy (non-hydrogen) atoms. The van der Waals surface area contributed by atoms with Gasteiger partial charge in [-0.05, 0) is 25.0 Å². The molecule has 5 nitrogen and oxygen atoms in total. The van der Waals surface area contributed by atoms with E-state index in [1.54, 1.807) is 7.11 Å². The predicted molar refractivity (Wildman–Crippen MR) is 83.4 cm³/mol. The Morgan fingerprint density at radius 3 is 3.00 bits per heavy atom. The third-order valence-corrected chi connectivity index (χ3v) is 3.39. The summed E-state index contributed by atoms with van der Waals surface area (Å²) in [5.41, 5.74) is 0.909. The van der Waals surface area contributed by atoms with Crippen LogP contribution in [0, 0.1) is 0 Å². The van der Waals surface area contributed by atoms with E-state index in [1.165, 1.54) is 12.8 Å². The molecule has 1 aliphatic carbocycles. The fourth-order valence-corrected chi connectivity index (χ4v) is 2.12. The number of hydrogen-bond donors (Lipinski definition) is 2. The van der Waals surface area contributed by atoms with Crippen LogP contribution in [0.5, 0.6) is 0 Å². The summed E-state index contributed by atoms with van der Waals surface area (Å²) in [5, 5.41) is 7.78. The lowest BCUT2D eigenvalue weighted by molar-refractivity contribution is 0.203. The lowest BCUT2D eigenvalue weighted by Gasteiger charge is -2.11. The number of benzene rings is 1. The average molecular weight is 287 g/mol. The summed E-state index contributed by atoms with van der Waals surface area (Å²) < 4.78 is 10.8. The van der Waals surface area contributed by atoms with Crippen LogP contribution in [0.4, 0.5) is 0 Å². The Morgan fingerprint density at radius 1 is 1.38 bits per heavy atom. The Morgan fingerprint density at radius 2 is 2.24 bits per heavy atom. The van der Waals surface area contributed by atoms with Gasteiger partial charge in [0.15, 0.2) is 5.96 Å². The summed E-state index contributed by atoms with van der Waals surface area (Å²) in [6.45, 7) is 1.94. The zero-order valence-electron chi connectivity index (χ0n) is 12.3. The van der Waals surface area contributed by atoms with Crippen LogP contribution in [0.1, 0.15) is 18.6 Å². The summed E-state index contributed by atoms with van der Waals surface area (Å²) >= 11 is 0. The molecule has 1 aromatic heterocycles. The van der Waals surface area contributed by atoms with Crippen molar-refractivity contribution in [3.05, 3.63) is 36.1 Å². The molecule has 1 aliphatic rings. The Labute approximate surface area is 124 Å². The van der Waals surface area contributed by atoms with Crippen molar-refractivity contribution in [3.8, 4) is 0 Å². The highest BCUT2D eigenvalue weighted by atomic mass is 16.5. The molecule has 0 spiro atoms. The molecule has 1 aromatic carbocycles. The smallest absolute Gasteiger partial charge is 0.192 e. The van der Waals surface area contributed by atoms with Gasteiger partial charge < -0.3 is 19.8 Å². The maximum Gasteiger partial charge on any atom is 0.192 e. The number of hydrogen-bond acceptors (Lipinski definition) is 3. The van der Waals surface area contributed by atoms with Crippen LogP contribution < -0.4 is 10.6 Å². The molecule has 2 aromatic rings. The number of ether oxygens (including phenoxy) is 1. The lowest BCUT2D eigenvalue weighted by Crippen LogP contribution is -2.40. The van der Waals surface area contributed by atoms with Gasteiger partial charge in [0.05, 0.1) is 6.61 Å². The number of nitrogens with zero attached hydrogens (tertiary/aromatic N) is 1. The number of aliphatic imine (C=N–C) groups is 1. The van der Waals surface area contributed by atoms with Crippen molar-refractivity contribution in [2.45, 2.75) is 25.4 Å². The number of rotatable bonds is 6. The third-order valence-electron chi connectivity index (χ3n) is 3.39. The molecule has 3 rings (SSSR count). The monoisotopic (exact) mass is 287 g/mol. The van der Waals surface area contributed by atoms with Crippen molar-refractivity contribution in [2.75, 3.05) is 20.3 Å². The van der Waals surface area contributed by atoms with E-state index in [4.69, 9.17) is 9.15 Å². The molecule has 0 atom stereocenters. The Kier molecular flexibility index (Phi) is 4.40. The summed E-state index contributed by atoms with van der Waals surface area (Å²) in [4.78, 5) is 4.59. The lowest BCUT2D eigenvalue weighted by atomic mass is 10.2. The van der Waals surface area contributed by atoms with E-state index in [0.29, 0.717) is 19.2 Å². The van der Waals surface area contributed by atoms with Crippen molar-refractivity contribution in [2.24, 2.45) is 4.99 Å². The average Bonchev–Trinajstić information content (AvgIpc) is 3.21. The minimum absolute atomic E-state index is 0.531. The van der Waals surface area contributed by atoms with Crippen LogP contribution in [0.3, 0.4) is 0 Å². The highest BCUT2D eigenvalue weighted by molar-refractivity contribution is 5.81. The van der Waals surface area contributed by atoms with E-state index in [-0.39, 0.29) is 0 Å². The largest absolute Gasteiger partial charge is 0.459 e. The molecule has 5 heteroatoms. The van der Waals surface area contributed by atoms with Crippen molar-refractivity contribution < 1.29 is 9.15 Å². The highest BCUT2D eigenvalue weighted by Gasteiger charge is 2.22. The number of nitrogens with one attached hydrogen (secondary N) is 2. The van der Waals surface area contributed by atoms with Crippen LogP contribution >= 0.6 is 0 Å². The number of furan rings is 1. The molecule has 1 heterocycles. The van der Waals surface area contributed by atoms with Gasteiger partial charge in [-0.3, -0.25) is 0 Å². The first-order chi connectivity index (χ1) is 10.3. The SMILES string of the molecule is COCCNC(=NCc1cc2ccccc2o1)NC1CC1. The summed E-state index contributed by atoms with van der Waals surface area (Å²) in [7, 11) is 1.70. The van der Waals surface area contributed by atoms with Crippen LogP contribution in [0.2, 0.25) is 0 Å². The zero-order chi connectivity index (χ0) is 14.5. The van der Waals surface area contributed by atoms with Gasteiger partial charge in [0.25, 0.3) is 0 Å². The van der Waals surface area contributed by atoms with Crippen LogP contribution in [-0.4, -0.2) is 32.3 Å². The second-order valence-electron chi connectivity index (χ2n) is 5.25. The summed E-state index contributed by atoms with van der Waals surface area (Å²) in [6, 6.07) is 10.6. The topological polar surface area (TPSA) is 58.8 Å².